The molecular formula is C20H18ClFO3. The number of hydrogen-bond donors (Lipinski definition) is 0. The van der Waals surface area contributed by atoms with Crippen LogP contribution in [0.1, 0.15) is 18.1 Å². The van der Waals surface area contributed by atoms with E-state index in [9.17, 15) is 9.18 Å². The number of hydrogen-bond acceptors (Lipinski definition) is 3. The third-order valence-corrected chi connectivity index (χ3v) is 4.22. The predicted octanol–water partition coefficient (Wildman–Crippen LogP) is 4.71. The van der Waals surface area contributed by atoms with Crippen molar-refractivity contribution in [3.63, 3.8) is 0 Å². The molecule has 5 heteroatoms. The third kappa shape index (κ3) is 4.40. The monoisotopic (exact) mass is 360 g/mol. The molecule has 25 heavy (non-hydrogen) atoms. The number of ether oxygens (including phenoxy) is 2. The van der Waals surface area contributed by atoms with Crippen LogP contribution in [0.4, 0.5) is 4.39 Å². The molecule has 0 N–H and O–H groups in total. The van der Waals surface area contributed by atoms with E-state index in [4.69, 9.17) is 21.1 Å². The zero-order chi connectivity index (χ0) is 17.8. The number of carbonyl (C=O) groups is 1. The maximum Gasteiger partial charge on any atom is 0.149 e. The summed E-state index contributed by atoms with van der Waals surface area (Å²) in [5, 5.41) is 0.712. The molecule has 0 radical (unpaired) electrons. The number of carbonyl (C=O) groups excluding carboxylic acids is 1. The SMILES string of the molecule is CC(COc1cc(F)c2c(c1)OCC(C=O)=C2)Cc1ccc(Cl)cc1. The number of halogens is 2. The molecule has 1 aliphatic rings. The van der Waals surface area contributed by atoms with E-state index in [0.29, 0.717) is 35.0 Å². The van der Waals surface area contributed by atoms with Crippen molar-refractivity contribution in [2.45, 2.75) is 13.3 Å². The van der Waals surface area contributed by atoms with Crippen molar-refractivity contribution >= 4 is 24.0 Å². The first kappa shape index (κ1) is 17.5. The number of rotatable bonds is 6. The van der Waals surface area contributed by atoms with Crippen molar-refractivity contribution in [1.82, 2.24) is 0 Å². The lowest BCUT2D eigenvalue weighted by Gasteiger charge is -2.18. The van der Waals surface area contributed by atoms with Gasteiger partial charge in [0.25, 0.3) is 0 Å². The second-order valence-corrected chi connectivity index (χ2v) is 6.63. The van der Waals surface area contributed by atoms with Crippen molar-refractivity contribution in [2.75, 3.05) is 13.2 Å². The van der Waals surface area contributed by atoms with Gasteiger partial charge >= 0.3 is 0 Å². The molecule has 0 saturated heterocycles. The largest absolute Gasteiger partial charge is 0.493 e. The second kappa shape index (κ2) is 7.70. The number of benzene rings is 2. The van der Waals surface area contributed by atoms with Crippen molar-refractivity contribution in [2.24, 2.45) is 5.92 Å². The van der Waals surface area contributed by atoms with E-state index in [0.717, 1.165) is 6.42 Å². The summed E-state index contributed by atoms with van der Waals surface area (Å²) in [5.74, 6) is 0.604. The van der Waals surface area contributed by atoms with Gasteiger partial charge in [0.05, 0.1) is 12.2 Å². The Hall–Kier alpha value is -2.33. The Balaban J connectivity index is 1.64. The molecule has 1 unspecified atom stereocenters. The molecule has 0 bridgehead atoms. The minimum absolute atomic E-state index is 0.145. The van der Waals surface area contributed by atoms with Gasteiger partial charge in [-0.05, 0) is 36.1 Å². The van der Waals surface area contributed by atoms with Crippen molar-refractivity contribution < 1.29 is 18.7 Å². The van der Waals surface area contributed by atoms with Crippen molar-refractivity contribution in [1.29, 1.82) is 0 Å². The molecule has 0 aliphatic carbocycles. The highest BCUT2D eigenvalue weighted by Crippen LogP contribution is 2.33. The van der Waals surface area contributed by atoms with E-state index >= 15 is 0 Å². The summed E-state index contributed by atoms with van der Waals surface area (Å²) in [6.07, 6.45) is 3.02. The number of aldehydes is 1. The molecule has 0 aromatic heterocycles. The first-order valence-corrected chi connectivity index (χ1v) is 8.42. The van der Waals surface area contributed by atoms with Crippen LogP contribution in [0.15, 0.2) is 42.0 Å². The molecule has 1 heterocycles. The maximum atomic E-state index is 14.2. The van der Waals surface area contributed by atoms with Gasteiger partial charge in [-0.2, -0.15) is 0 Å². The van der Waals surface area contributed by atoms with Gasteiger partial charge in [-0.3, -0.25) is 4.79 Å². The molecule has 3 nitrogen and oxygen atoms in total. The van der Waals surface area contributed by atoms with Crippen molar-refractivity contribution in [3.8, 4) is 11.5 Å². The molecule has 130 valence electrons. The van der Waals surface area contributed by atoms with Crippen LogP contribution in [0, 0.1) is 11.7 Å². The Morgan fingerprint density at radius 1 is 1.32 bits per heavy atom. The Labute approximate surface area is 151 Å². The van der Waals surface area contributed by atoms with Gasteiger partial charge in [0.15, 0.2) is 0 Å². The van der Waals surface area contributed by atoms with Gasteiger partial charge in [-0.25, -0.2) is 4.39 Å². The van der Waals surface area contributed by atoms with Gasteiger partial charge in [0.1, 0.15) is 30.2 Å². The minimum atomic E-state index is -0.461. The zero-order valence-corrected chi connectivity index (χ0v) is 14.6. The Morgan fingerprint density at radius 3 is 2.80 bits per heavy atom. The molecule has 0 fully saturated rings. The highest BCUT2D eigenvalue weighted by atomic mass is 35.5. The topological polar surface area (TPSA) is 35.5 Å². The fourth-order valence-corrected chi connectivity index (χ4v) is 2.81. The van der Waals surface area contributed by atoms with Crippen LogP contribution in [0.2, 0.25) is 5.02 Å². The van der Waals surface area contributed by atoms with E-state index in [1.54, 1.807) is 6.07 Å². The predicted molar refractivity (Wildman–Crippen MR) is 95.8 cm³/mol. The summed E-state index contributed by atoms with van der Waals surface area (Å²) in [7, 11) is 0. The molecule has 1 aliphatic heterocycles. The average Bonchev–Trinajstić information content (AvgIpc) is 2.62. The van der Waals surface area contributed by atoms with Gasteiger partial charge in [0, 0.05) is 22.7 Å². The lowest BCUT2D eigenvalue weighted by molar-refractivity contribution is -0.105. The normalized spacial score (nSPS) is 14.1. The van der Waals surface area contributed by atoms with E-state index < -0.39 is 5.82 Å². The van der Waals surface area contributed by atoms with Gasteiger partial charge in [-0.15, -0.1) is 0 Å². The van der Waals surface area contributed by atoms with Crippen molar-refractivity contribution in [3.05, 3.63) is 63.9 Å². The van der Waals surface area contributed by atoms with E-state index in [1.165, 1.54) is 17.7 Å². The molecule has 2 aromatic carbocycles. The smallest absolute Gasteiger partial charge is 0.149 e. The van der Waals surface area contributed by atoms with Crippen LogP contribution in [0.5, 0.6) is 11.5 Å². The summed E-state index contributed by atoms with van der Waals surface area (Å²) in [4.78, 5) is 10.8. The Kier molecular flexibility index (Phi) is 5.39. The molecule has 2 aromatic rings. The quantitative estimate of drug-likeness (QED) is 0.700. The lowest BCUT2D eigenvalue weighted by Crippen LogP contribution is -2.13. The minimum Gasteiger partial charge on any atom is -0.493 e. The average molecular weight is 361 g/mol. The van der Waals surface area contributed by atoms with Crippen LogP contribution in [-0.2, 0) is 11.2 Å². The molecular weight excluding hydrogens is 343 g/mol. The van der Waals surface area contributed by atoms with Crippen LogP contribution in [-0.4, -0.2) is 19.5 Å². The number of fused-ring (bicyclic) bond motifs is 1. The first-order valence-electron chi connectivity index (χ1n) is 8.04. The molecule has 0 spiro atoms. The van der Waals surface area contributed by atoms with E-state index in [1.807, 2.05) is 24.3 Å². The fourth-order valence-electron chi connectivity index (χ4n) is 2.69. The maximum absolute atomic E-state index is 14.2. The van der Waals surface area contributed by atoms with Crippen LogP contribution < -0.4 is 9.47 Å². The summed E-state index contributed by atoms with van der Waals surface area (Å²) >= 11 is 5.89. The molecule has 0 amide bonds. The lowest BCUT2D eigenvalue weighted by atomic mass is 10.0. The first-order chi connectivity index (χ1) is 12.0. The Bertz CT molecular complexity index is 799. The molecule has 3 rings (SSSR count). The van der Waals surface area contributed by atoms with Crippen LogP contribution in [0.3, 0.4) is 0 Å². The summed E-state index contributed by atoms with van der Waals surface area (Å²) in [6.45, 7) is 2.67. The van der Waals surface area contributed by atoms with Gasteiger partial charge < -0.3 is 9.47 Å². The van der Waals surface area contributed by atoms with E-state index in [2.05, 4.69) is 6.92 Å². The Morgan fingerprint density at radius 2 is 2.08 bits per heavy atom. The second-order valence-electron chi connectivity index (χ2n) is 6.19. The third-order valence-electron chi connectivity index (χ3n) is 3.97. The van der Waals surface area contributed by atoms with Crippen LogP contribution >= 0.6 is 11.6 Å². The summed E-state index contributed by atoms with van der Waals surface area (Å²) < 4.78 is 25.4. The highest BCUT2D eigenvalue weighted by molar-refractivity contribution is 6.30. The highest BCUT2D eigenvalue weighted by Gasteiger charge is 2.17. The molecule has 1 atom stereocenters. The van der Waals surface area contributed by atoms with E-state index in [-0.39, 0.29) is 18.1 Å². The van der Waals surface area contributed by atoms with Crippen LogP contribution in [0.25, 0.3) is 6.08 Å². The zero-order valence-electron chi connectivity index (χ0n) is 13.8. The fraction of sp³-hybridized carbons (Fsp3) is 0.250. The standard InChI is InChI=1S/C20H18ClFO3/c1-13(6-14-2-4-16(21)5-3-14)11-24-17-8-19(22)18-7-15(10-23)12-25-20(18)9-17/h2-5,7-10,13H,6,11-12H2,1H3. The molecule has 0 saturated carbocycles. The van der Waals surface area contributed by atoms with Gasteiger partial charge in [-0.1, -0.05) is 30.7 Å². The summed E-state index contributed by atoms with van der Waals surface area (Å²) in [6, 6.07) is 10.7. The van der Waals surface area contributed by atoms with Gasteiger partial charge in [0.2, 0.25) is 0 Å². The summed E-state index contributed by atoms with van der Waals surface area (Å²) in [5.41, 5.74) is 1.87.